The van der Waals surface area contributed by atoms with Crippen LogP contribution in [0.2, 0.25) is 0 Å². The lowest BCUT2D eigenvalue weighted by Gasteiger charge is -2.44. The van der Waals surface area contributed by atoms with Gasteiger partial charge < -0.3 is 10.0 Å². The molecule has 2 fully saturated rings. The summed E-state index contributed by atoms with van der Waals surface area (Å²) in [5, 5.41) is 10.3. The van der Waals surface area contributed by atoms with Gasteiger partial charge in [-0.2, -0.15) is 0 Å². The van der Waals surface area contributed by atoms with Crippen molar-refractivity contribution >= 4 is 5.91 Å². The minimum absolute atomic E-state index is 0.193. The Balaban J connectivity index is 1.61. The van der Waals surface area contributed by atoms with Crippen molar-refractivity contribution in [3.8, 4) is 0 Å². The average Bonchev–Trinajstić information content (AvgIpc) is 2.62. The summed E-state index contributed by atoms with van der Waals surface area (Å²) in [6.45, 7) is 7.30. The fourth-order valence-electron chi connectivity index (χ4n) is 4.15. The van der Waals surface area contributed by atoms with Crippen LogP contribution in [-0.2, 0) is 10.2 Å². The maximum absolute atomic E-state index is 13.0. The van der Waals surface area contributed by atoms with Gasteiger partial charge in [0.25, 0.3) is 0 Å². The van der Waals surface area contributed by atoms with Gasteiger partial charge in [-0.25, -0.2) is 0 Å². The van der Waals surface area contributed by atoms with E-state index in [1.807, 2.05) is 49.1 Å². The second kappa shape index (κ2) is 7.24. The molecule has 1 aliphatic heterocycles. The van der Waals surface area contributed by atoms with E-state index in [-0.39, 0.29) is 18.1 Å². The molecule has 1 N–H and O–H groups in total. The number of piperazine rings is 1. The number of hydrogen-bond donors (Lipinski definition) is 1. The molecule has 2 unspecified atom stereocenters. The smallest absolute Gasteiger partial charge is 0.232 e. The Morgan fingerprint density at radius 3 is 2.29 bits per heavy atom. The number of aliphatic hydroxyl groups excluding tert-OH is 1. The minimum atomic E-state index is -0.492. The molecule has 1 amide bonds. The van der Waals surface area contributed by atoms with Crippen LogP contribution < -0.4 is 0 Å². The van der Waals surface area contributed by atoms with Gasteiger partial charge in [-0.15, -0.1) is 0 Å². The molecule has 1 aromatic rings. The molecule has 1 saturated carbocycles. The highest BCUT2D eigenvalue weighted by atomic mass is 16.3. The van der Waals surface area contributed by atoms with E-state index in [4.69, 9.17) is 0 Å². The molecule has 4 heteroatoms. The van der Waals surface area contributed by atoms with Crippen molar-refractivity contribution in [3.05, 3.63) is 35.9 Å². The molecule has 1 aliphatic carbocycles. The number of nitrogens with zero attached hydrogens (tertiary/aromatic N) is 2. The molecular formula is C20H30N2O2. The van der Waals surface area contributed by atoms with Crippen LogP contribution in [0, 0.1) is 0 Å². The van der Waals surface area contributed by atoms with Crippen molar-refractivity contribution in [2.24, 2.45) is 0 Å². The summed E-state index contributed by atoms with van der Waals surface area (Å²) < 4.78 is 0. The molecule has 3 rings (SSSR count). The minimum Gasteiger partial charge on any atom is -0.391 e. The number of hydrogen-bond acceptors (Lipinski definition) is 3. The van der Waals surface area contributed by atoms with Gasteiger partial charge in [-0.1, -0.05) is 43.2 Å². The molecule has 0 radical (unpaired) electrons. The average molecular weight is 330 g/mol. The van der Waals surface area contributed by atoms with Gasteiger partial charge in [-0.3, -0.25) is 9.69 Å². The van der Waals surface area contributed by atoms with Crippen LogP contribution in [0.3, 0.4) is 0 Å². The third-order valence-electron chi connectivity index (χ3n) is 5.79. The number of carbonyl (C=O) groups excluding carboxylic acids is 1. The molecule has 4 nitrogen and oxygen atoms in total. The Morgan fingerprint density at radius 1 is 1.04 bits per heavy atom. The van der Waals surface area contributed by atoms with Gasteiger partial charge in [0.05, 0.1) is 11.5 Å². The zero-order valence-corrected chi connectivity index (χ0v) is 14.9. The molecule has 0 bridgehead atoms. The van der Waals surface area contributed by atoms with Gasteiger partial charge in [-0.05, 0) is 32.3 Å². The number of carbonyl (C=O) groups is 1. The van der Waals surface area contributed by atoms with Gasteiger partial charge in [0, 0.05) is 32.2 Å². The van der Waals surface area contributed by atoms with E-state index in [1.165, 1.54) is 6.42 Å². The summed E-state index contributed by atoms with van der Waals surface area (Å²) in [4.78, 5) is 17.4. The van der Waals surface area contributed by atoms with Crippen molar-refractivity contribution < 1.29 is 9.90 Å². The Morgan fingerprint density at radius 2 is 1.67 bits per heavy atom. The Labute approximate surface area is 145 Å². The molecule has 1 saturated heterocycles. The lowest BCUT2D eigenvalue weighted by Crippen LogP contribution is -2.57. The summed E-state index contributed by atoms with van der Waals surface area (Å²) >= 11 is 0. The van der Waals surface area contributed by atoms with Crippen LogP contribution in [0.5, 0.6) is 0 Å². The molecule has 132 valence electrons. The maximum atomic E-state index is 13.0. The molecule has 24 heavy (non-hydrogen) atoms. The van der Waals surface area contributed by atoms with Crippen molar-refractivity contribution in [2.75, 3.05) is 26.2 Å². The SMILES string of the molecule is CC(C)(C(=O)N1CCN(C2CCCCC2O)CC1)c1ccccc1. The molecule has 1 heterocycles. The van der Waals surface area contributed by atoms with E-state index in [2.05, 4.69) is 4.90 Å². The number of aliphatic hydroxyl groups is 1. The van der Waals surface area contributed by atoms with E-state index in [1.54, 1.807) is 0 Å². The normalized spacial score (nSPS) is 26.4. The van der Waals surface area contributed by atoms with Crippen LogP contribution in [0.4, 0.5) is 0 Å². The van der Waals surface area contributed by atoms with Crippen molar-refractivity contribution in [3.63, 3.8) is 0 Å². The van der Waals surface area contributed by atoms with Crippen LogP contribution in [0.25, 0.3) is 0 Å². The predicted molar refractivity (Wildman–Crippen MR) is 95.9 cm³/mol. The molecule has 0 aromatic heterocycles. The summed E-state index contributed by atoms with van der Waals surface area (Å²) in [7, 11) is 0. The summed E-state index contributed by atoms with van der Waals surface area (Å²) in [6.07, 6.45) is 4.17. The Bertz CT molecular complexity index is 550. The zero-order chi connectivity index (χ0) is 17.2. The number of benzene rings is 1. The zero-order valence-electron chi connectivity index (χ0n) is 14.9. The number of rotatable bonds is 3. The predicted octanol–water partition coefficient (Wildman–Crippen LogP) is 2.41. The van der Waals surface area contributed by atoms with Crippen molar-refractivity contribution in [1.29, 1.82) is 0 Å². The van der Waals surface area contributed by atoms with Crippen LogP contribution >= 0.6 is 0 Å². The second-order valence-corrected chi connectivity index (χ2v) is 7.74. The monoisotopic (exact) mass is 330 g/mol. The molecule has 2 aliphatic rings. The topological polar surface area (TPSA) is 43.8 Å². The third-order valence-corrected chi connectivity index (χ3v) is 5.79. The fraction of sp³-hybridized carbons (Fsp3) is 0.650. The molecular weight excluding hydrogens is 300 g/mol. The van der Waals surface area contributed by atoms with E-state index < -0.39 is 5.41 Å². The summed E-state index contributed by atoms with van der Waals surface area (Å²) in [5.74, 6) is 0.206. The standard InChI is InChI=1S/C20H30N2O2/c1-20(2,16-8-4-3-5-9-16)19(24)22-14-12-21(13-15-22)17-10-6-7-11-18(17)23/h3-5,8-9,17-18,23H,6-7,10-15H2,1-2H3. The van der Waals surface area contributed by atoms with Gasteiger partial charge in [0.15, 0.2) is 0 Å². The summed E-state index contributed by atoms with van der Waals surface area (Å²) in [6, 6.07) is 10.3. The van der Waals surface area contributed by atoms with Crippen molar-refractivity contribution in [1.82, 2.24) is 9.80 Å². The third kappa shape index (κ3) is 3.50. The molecule has 0 spiro atoms. The first-order valence-electron chi connectivity index (χ1n) is 9.27. The van der Waals surface area contributed by atoms with Crippen LogP contribution in [-0.4, -0.2) is 59.1 Å². The highest BCUT2D eigenvalue weighted by Gasteiger charge is 2.37. The quantitative estimate of drug-likeness (QED) is 0.925. The van der Waals surface area contributed by atoms with E-state index in [0.717, 1.165) is 51.0 Å². The lowest BCUT2D eigenvalue weighted by atomic mass is 9.83. The Hall–Kier alpha value is -1.39. The largest absolute Gasteiger partial charge is 0.391 e. The first-order chi connectivity index (χ1) is 11.5. The first-order valence-corrected chi connectivity index (χ1v) is 9.27. The van der Waals surface area contributed by atoms with Gasteiger partial charge in [0.1, 0.15) is 0 Å². The number of amides is 1. The van der Waals surface area contributed by atoms with Crippen LogP contribution in [0.15, 0.2) is 30.3 Å². The maximum Gasteiger partial charge on any atom is 0.232 e. The first kappa shape index (κ1) is 17.4. The highest BCUT2D eigenvalue weighted by Crippen LogP contribution is 2.28. The lowest BCUT2D eigenvalue weighted by molar-refractivity contribution is -0.139. The van der Waals surface area contributed by atoms with E-state index in [9.17, 15) is 9.90 Å². The fourth-order valence-corrected chi connectivity index (χ4v) is 4.15. The van der Waals surface area contributed by atoms with Crippen LogP contribution in [0.1, 0.15) is 45.1 Å². The second-order valence-electron chi connectivity index (χ2n) is 7.74. The van der Waals surface area contributed by atoms with E-state index >= 15 is 0 Å². The Kier molecular flexibility index (Phi) is 5.26. The summed E-state index contributed by atoms with van der Waals surface area (Å²) in [5.41, 5.74) is 0.577. The van der Waals surface area contributed by atoms with Gasteiger partial charge >= 0.3 is 0 Å². The van der Waals surface area contributed by atoms with Gasteiger partial charge in [0.2, 0.25) is 5.91 Å². The van der Waals surface area contributed by atoms with Crippen molar-refractivity contribution in [2.45, 2.75) is 57.1 Å². The molecule has 2 atom stereocenters. The van der Waals surface area contributed by atoms with E-state index in [0.29, 0.717) is 0 Å². The highest BCUT2D eigenvalue weighted by molar-refractivity contribution is 5.87. The molecule has 1 aromatic carbocycles.